The fourth-order valence-electron chi connectivity index (χ4n) is 1.85. The summed E-state index contributed by atoms with van der Waals surface area (Å²) < 4.78 is 29.7. The van der Waals surface area contributed by atoms with Gasteiger partial charge in [-0.05, 0) is 29.9 Å². The molecule has 0 unspecified atom stereocenters. The average molecular weight is 272 g/mol. The van der Waals surface area contributed by atoms with Crippen LogP contribution in [0.2, 0.25) is 0 Å². The molecule has 0 aliphatic heterocycles. The highest BCUT2D eigenvalue weighted by Gasteiger charge is 2.08. The normalized spacial score (nSPS) is 13.5. The van der Waals surface area contributed by atoms with E-state index in [9.17, 15) is 8.42 Å². The summed E-state index contributed by atoms with van der Waals surface area (Å²) >= 11 is 0. The van der Waals surface area contributed by atoms with Gasteiger partial charge in [0.1, 0.15) is 0 Å². The Morgan fingerprint density at radius 3 is 2.28 bits per heavy atom. The standard InChI is InChI=1S/C13H20O4S/c1-11(4-2-3-9-18(15,16)17)13-7-5-12(10-14)6-8-13/h5-8,11,14H,2-4,9-10H2,1H3,(H,15,16,17)/t11-/m1/s1. The van der Waals surface area contributed by atoms with Crippen molar-refractivity contribution in [3.05, 3.63) is 35.4 Å². The molecule has 18 heavy (non-hydrogen) atoms. The summed E-state index contributed by atoms with van der Waals surface area (Å²) in [7, 11) is -3.82. The second-order valence-electron chi connectivity index (χ2n) is 4.58. The third kappa shape index (κ3) is 5.62. The summed E-state index contributed by atoms with van der Waals surface area (Å²) in [6.45, 7) is 2.13. The summed E-state index contributed by atoms with van der Waals surface area (Å²) in [5, 5.41) is 8.94. The Labute approximate surface area is 108 Å². The van der Waals surface area contributed by atoms with Gasteiger partial charge in [-0.15, -0.1) is 0 Å². The summed E-state index contributed by atoms with van der Waals surface area (Å²) in [5.74, 6) is 0.183. The van der Waals surface area contributed by atoms with E-state index in [1.54, 1.807) is 0 Å². The van der Waals surface area contributed by atoms with Gasteiger partial charge in [0.05, 0.1) is 12.4 Å². The van der Waals surface area contributed by atoms with E-state index in [0.29, 0.717) is 12.3 Å². The number of unbranched alkanes of at least 4 members (excludes halogenated alkanes) is 1. The Kier molecular flexibility index (Phi) is 5.78. The van der Waals surface area contributed by atoms with Crippen LogP contribution in [0.1, 0.15) is 43.2 Å². The van der Waals surface area contributed by atoms with E-state index >= 15 is 0 Å². The zero-order chi connectivity index (χ0) is 13.6. The molecule has 0 aliphatic rings. The quantitative estimate of drug-likeness (QED) is 0.590. The van der Waals surface area contributed by atoms with Gasteiger partial charge >= 0.3 is 0 Å². The lowest BCUT2D eigenvalue weighted by atomic mass is 9.95. The van der Waals surface area contributed by atoms with Crippen molar-refractivity contribution < 1.29 is 18.1 Å². The van der Waals surface area contributed by atoms with E-state index in [-0.39, 0.29) is 12.4 Å². The maximum absolute atomic E-state index is 10.5. The fraction of sp³-hybridized carbons (Fsp3) is 0.538. The third-order valence-electron chi connectivity index (χ3n) is 3.02. The molecule has 0 aromatic heterocycles. The molecule has 1 aromatic rings. The van der Waals surface area contributed by atoms with Gasteiger partial charge in [-0.3, -0.25) is 4.55 Å². The van der Waals surface area contributed by atoms with Crippen molar-refractivity contribution in [3.8, 4) is 0 Å². The molecule has 5 heteroatoms. The van der Waals surface area contributed by atoms with Crippen LogP contribution in [-0.2, 0) is 16.7 Å². The summed E-state index contributed by atoms with van der Waals surface area (Å²) in [6.07, 6.45) is 2.13. The van der Waals surface area contributed by atoms with Crippen LogP contribution in [0.5, 0.6) is 0 Å². The highest BCUT2D eigenvalue weighted by molar-refractivity contribution is 7.85. The van der Waals surface area contributed by atoms with E-state index in [1.807, 2.05) is 24.3 Å². The average Bonchev–Trinajstić information content (AvgIpc) is 2.33. The van der Waals surface area contributed by atoms with Crippen LogP contribution >= 0.6 is 0 Å². The topological polar surface area (TPSA) is 74.6 Å². The van der Waals surface area contributed by atoms with E-state index in [0.717, 1.165) is 18.4 Å². The number of rotatable bonds is 7. The van der Waals surface area contributed by atoms with Crippen LogP contribution in [0.3, 0.4) is 0 Å². The van der Waals surface area contributed by atoms with Gasteiger partial charge in [-0.25, -0.2) is 0 Å². The maximum atomic E-state index is 10.5. The lowest BCUT2D eigenvalue weighted by molar-refractivity contribution is 0.282. The van der Waals surface area contributed by atoms with Gasteiger partial charge < -0.3 is 5.11 Å². The Morgan fingerprint density at radius 1 is 1.17 bits per heavy atom. The first-order valence-electron chi connectivity index (χ1n) is 6.07. The summed E-state index contributed by atoms with van der Waals surface area (Å²) in [5.41, 5.74) is 2.07. The molecular formula is C13H20O4S. The Bertz CT molecular complexity index is 450. The highest BCUT2D eigenvalue weighted by Crippen LogP contribution is 2.21. The largest absolute Gasteiger partial charge is 0.392 e. The van der Waals surface area contributed by atoms with Gasteiger partial charge in [0.2, 0.25) is 0 Å². The number of hydrogen-bond acceptors (Lipinski definition) is 3. The number of hydrogen-bond donors (Lipinski definition) is 2. The lowest BCUT2D eigenvalue weighted by Crippen LogP contribution is -2.04. The summed E-state index contributed by atoms with van der Waals surface area (Å²) in [4.78, 5) is 0. The molecule has 0 saturated heterocycles. The Morgan fingerprint density at radius 2 is 1.78 bits per heavy atom. The second-order valence-corrected chi connectivity index (χ2v) is 6.15. The van der Waals surface area contributed by atoms with Crippen LogP contribution in [0, 0.1) is 0 Å². The van der Waals surface area contributed by atoms with Crippen LogP contribution in [-0.4, -0.2) is 23.8 Å². The van der Waals surface area contributed by atoms with Crippen molar-refractivity contribution in [1.82, 2.24) is 0 Å². The van der Waals surface area contributed by atoms with Gasteiger partial charge in [-0.2, -0.15) is 8.42 Å². The van der Waals surface area contributed by atoms with E-state index in [4.69, 9.17) is 9.66 Å². The third-order valence-corrected chi connectivity index (χ3v) is 3.83. The zero-order valence-corrected chi connectivity index (χ0v) is 11.4. The molecule has 0 saturated carbocycles. The SMILES string of the molecule is C[C@H](CCCCS(=O)(=O)O)c1ccc(CO)cc1. The van der Waals surface area contributed by atoms with Crippen LogP contribution in [0.15, 0.2) is 24.3 Å². The maximum Gasteiger partial charge on any atom is 0.264 e. The van der Waals surface area contributed by atoms with E-state index < -0.39 is 10.1 Å². The minimum atomic E-state index is -3.82. The number of benzene rings is 1. The van der Waals surface area contributed by atoms with Gasteiger partial charge in [0, 0.05) is 0 Å². The molecule has 1 aromatic carbocycles. The fourth-order valence-corrected chi connectivity index (χ4v) is 2.42. The first-order chi connectivity index (χ1) is 8.42. The molecule has 0 fully saturated rings. The van der Waals surface area contributed by atoms with Crippen molar-refractivity contribution in [2.45, 2.75) is 38.7 Å². The molecule has 1 atom stereocenters. The van der Waals surface area contributed by atoms with Gasteiger partial charge in [0.25, 0.3) is 10.1 Å². The van der Waals surface area contributed by atoms with Crippen molar-refractivity contribution in [3.63, 3.8) is 0 Å². The predicted molar refractivity (Wildman–Crippen MR) is 71.0 cm³/mol. The Balaban J connectivity index is 2.38. The smallest absolute Gasteiger partial charge is 0.264 e. The first kappa shape index (κ1) is 15.1. The molecule has 0 aliphatic carbocycles. The van der Waals surface area contributed by atoms with E-state index in [2.05, 4.69) is 6.92 Å². The molecule has 0 radical (unpaired) electrons. The van der Waals surface area contributed by atoms with Crippen LogP contribution in [0.25, 0.3) is 0 Å². The Hall–Kier alpha value is -0.910. The molecule has 0 spiro atoms. The minimum absolute atomic E-state index is 0.0447. The molecule has 1 rings (SSSR count). The first-order valence-corrected chi connectivity index (χ1v) is 7.68. The molecule has 0 amide bonds. The highest BCUT2D eigenvalue weighted by atomic mass is 32.2. The lowest BCUT2D eigenvalue weighted by Gasteiger charge is -2.11. The molecule has 102 valence electrons. The molecule has 0 bridgehead atoms. The van der Waals surface area contributed by atoms with Gasteiger partial charge in [0.15, 0.2) is 0 Å². The van der Waals surface area contributed by atoms with Gasteiger partial charge in [-0.1, -0.05) is 37.6 Å². The van der Waals surface area contributed by atoms with Crippen molar-refractivity contribution >= 4 is 10.1 Å². The van der Waals surface area contributed by atoms with Crippen LogP contribution < -0.4 is 0 Å². The van der Waals surface area contributed by atoms with Crippen molar-refractivity contribution in [2.75, 3.05) is 5.75 Å². The second kappa shape index (κ2) is 6.87. The number of aliphatic hydroxyl groups is 1. The monoisotopic (exact) mass is 272 g/mol. The van der Waals surface area contributed by atoms with Crippen molar-refractivity contribution in [2.24, 2.45) is 0 Å². The molecule has 4 nitrogen and oxygen atoms in total. The molecular weight excluding hydrogens is 252 g/mol. The zero-order valence-electron chi connectivity index (χ0n) is 10.5. The van der Waals surface area contributed by atoms with Crippen molar-refractivity contribution in [1.29, 1.82) is 0 Å². The predicted octanol–water partition coefficient (Wildman–Crippen LogP) is 2.34. The van der Waals surface area contributed by atoms with E-state index in [1.165, 1.54) is 5.56 Å². The van der Waals surface area contributed by atoms with Crippen LogP contribution in [0.4, 0.5) is 0 Å². The minimum Gasteiger partial charge on any atom is -0.392 e. The molecule has 2 N–H and O–H groups in total. The number of aliphatic hydroxyl groups excluding tert-OH is 1. The summed E-state index contributed by atoms with van der Waals surface area (Å²) in [6, 6.07) is 7.76. The molecule has 0 heterocycles.